The first-order valence-electron chi connectivity index (χ1n) is 4.48. The third-order valence-electron chi connectivity index (χ3n) is 2.28. The van der Waals surface area contributed by atoms with E-state index in [-0.39, 0.29) is 0 Å². The molecule has 0 unspecified atom stereocenters. The van der Waals surface area contributed by atoms with Crippen LogP contribution in [0.1, 0.15) is 18.4 Å². The lowest BCUT2D eigenvalue weighted by atomic mass is 10.3. The Hall–Kier alpha value is -0.830. The summed E-state index contributed by atoms with van der Waals surface area (Å²) in [5, 5.41) is 3.82. The second kappa shape index (κ2) is 3.50. The quantitative estimate of drug-likeness (QED) is 0.756. The summed E-state index contributed by atoms with van der Waals surface area (Å²) in [7, 11) is 0. The van der Waals surface area contributed by atoms with Gasteiger partial charge in [-0.2, -0.15) is 0 Å². The molecule has 1 aromatic heterocycles. The highest BCUT2D eigenvalue weighted by atomic mass is 35.5. The number of nitrogens with one attached hydrogen (secondary N) is 1. The molecule has 0 bridgehead atoms. The summed E-state index contributed by atoms with van der Waals surface area (Å²) >= 11 is 5.85. The summed E-state index contributed by atoms with van der Waals surface area (Å²) in [5.41, 5.74) is 0.935. The third kappa shape index (κ3) is 2.10. The minimum atomic E-state index is 0.535. The van der Waals surface area contributed by atoms with Gasteiger partial charge in [0.05, 0.1) is 0 Å². The first-order valence-corrected chi connectivity index (χ1v) is 4.86. The topological polar surface area (TPSA) is 37.8 Å². The molecular formula is C9H12ClN3. The van der Waals surface area contributed by atoms with Crippen molar-refractivity contribution in [1.82, 2.24) is 9.97 Å². The van der Waals surface area contributed by atoms with E-state index in [1.54, 1.807) is 0 Å². The smallest absolute Gasteiger partial charge is 0.137 e. The van der Waals surface area contributed by atoms with E-state index < -0.39 is 0 Å². The average Bonchev–Trinajstić information content (AvgIpc) is 2.91. The van der Waals surface area contributed by atoms with Crippen LogP contribution >= 0.6 is 11.6 Å². The molecule has 13 heavy (non-hydrogen) atoms. The Morgan fingerprint density at radius 3 is 3.00 bits per heavy atom. The number of rotatable bonds is 3. The number of hydrogen-bond acceptors (Lipinski definition) is 3. The first-order chi connectivity index (χ1) is 6.27. The van der Waals surface area contributed by atoms with E-state index in [2.05, 4.69) is 15.3 Å². The highest BCUT2D eigenvalue weighted by molar-refractivity contribution is 6.30. The Morgan fingerprint density at radius 1 is 1.54 bits per heavy atom. The monoisotopic (exact) mass is 197 g/mol. The van der Waals surface area contributed by atoms with E-state index in [9.17, 15) is 0 Å². The van der Waals surface area contributed by atoms with Crippen LogP contribution in [0.25, 0.3) is 0 Å². The molecule has 0 amide bonds. The molecule has 1 saturated carbocycles. The third-order valence-corrected chi connectivity index (χ3v) is 2.66. The van der Waals surface area contributed by atoms with Gasteiger partial charge in [-0.1, -0.05) is 11.6 Å². The zero-order valence-corrected chi connectivity index (χ0v) is 8.30. The molecule has 0 atom stereocenters. The molecule has 1 N–H and O–H groups in total. The van der Waals surface area contributed by atoms with Crippen LogP contribution in [0.5, 0.6) is 0 Å². The van der Waals surface area contributed by atoms with Crippen LogP contribution in [0.3, 0.4) is 0 Å². The molecule has 0 spiro atoms. The van der Waals surface area contributed by atoms with Gasteiger partial charge in [-0.15, -0.1) is 0 Å². The molecule has 1 aliphatic carbocycles. The summed E-state index contributed by atoms with van der Waals surface area (Å²) in [5.74, 6) is 1.71. The van der Waals surface area contributed by atoms with E-state index in [0.717, 1.165) is 23.8 Å². The fourth-order valence-electron chi connectivity index (χ4n) is 1.17. The van der Waals surface area contributed by atoms with E-state index in [0.29, 0.717) is 5.15 Å². The fourth-order valence-corrected chi connectivity index (χ4v) is 1.30. The molecule has 1 fully saturated rings. The SMILES string of the molecule is Cc1c(Cl)ncnc1NCC1CC1. The van der Waals surface area contributed by atoms with Gasteiger partial charge in [-0.3, -0.25) is 0 Å². The maximum Gasteiger partial charge on any atom is 0.137 e. The van der Waals surface area contributed by atoms with E-state index >= 15 is 0 Å². The Kier molecular flexibility index (Phi) is 2.36. The molecule has 1 aromatic rings. The Labute approximate surface area is 82.5 Å². The number of halogens is 1. The van der Waals surface area contributed by atoms with Crippen LogP contribution in [0, 0.1) is 12.8 Å². The number of hydrogen-bond donors (Lipinski definition) is 1. The molecular weight excluding hydrogens is 186 g/mol. The minimum Gasteiger partial charge on any atom is -0.369 e. The highest BCUT2D eigenvalue weighted by Crippen LogP contribution is 2.29. The Balaban J connectivity index is 2.05. The zero-order chi connectivity index (χ0) is 9.26. The lowest BCUT2D eigenvalue weighted by molar-refractivity contribution is 0.878. The van der Waals surface area contributed by atoms with Crippen LogP contribution in [-0.4, -0.2) is 16.5 Å². The Bertz CT molecular complexity index is 310. The molecule has 0 aliphatic heterocycles. The van der Waals surface area contributed by atoms with Crippen LogP contribution in [0.2, 0.25) is 5.15 Å². The molecule has 1 aliphatic rings. The Morgan fingerprint density at radius 2 is 2.31 bits per heavy atom. The summed E-state index contributed by atoms with van der Waals surface area (Å²) < 4.78 is 0. The lowest BCUT2D eigenvalue weighted by Gasteiger charge is -2.07. The van der Waals surface area contributed by atoms with Gasteiger partial charge in [0.2, 0.25) is 0 Å². The maximum atomic E-state index is 5.85. The molecule has 0 saturated heterocycles. The zero-order valence-electron chi connectivity index (χ0n) is 7.55. The maximum absolute atomic E-state index is 5.85. The summed E-state index contributed by atoms with van der Waals surface area (Å²) in [4.78, 5) is 8.03. The van der Waals surface area contributed by atoms with Crippen LogP contribution in [0.15, 0.2) is 6.33 Å². The van der Waals surface area contributed by atoms with Crippen molar-refractivity contribution in [2.45, 2.75) is 19.8 Å². The summed E-state index contributed by atoms with van der Waals surface area (Å²) in [6, 6.07) is 0. The van der Waals surface area contributed by atoms with Crippen molar-refractivity contribution in [2.24, 2.45) is 5.92 Å². The second-order valence-electron chi connectivity index (χ2n) is 3.46. The molecule has 4 heteroatoms. The van der Waals surface area contributed by atoms with Crippen LogP contribution < -0.4 is 5.32 Å². The van der Waals surface area contributed by atoms with Crippen molar-refractivity contribution < 1.29 is 0 Å². The lowest BCUT2D eigenvalue weighted by Crippen LogP contribution is -2.07. The van der Waals surface area contributed by atoms with Crippen LogP contribution in [-0.2, 0) is 0 Å². The second-order valence-corrected chi connectivity index (χ2v) is 3.82. The van der Waals surface area contributed by atoms with Gasteiger partial charge < -0.3 is 5.32 Å². The van der Waals surface area contributed by atoms with E-state index in [4.69, 9.17) is 11.6 Å². The molecule has 0 aromatic carbocycles. The van der Waals surface area contributed by atoms with E-state index in [1.165, 1.54) is 19.2 Å². The largest absolute Gasteiger partial charge is 0.369 e. The van der Waals surface area contributed by atoms with Gasteiger partial charge in [0.15, 0.2) is 0 Å². The molecule has 1 heterocycles. The molecule has 3 nitrogen and oxygen atoms in total. The van der Waals surface area contributed by atoms with Crippen molar-refractivity contribution >= 4 is 17.4 Å². The number of anilines is 1. The fraction of sp³-hybridized carbons (Fsp3) is 0.556. The predicted molar refractivity (Wildman–Crippen MR) is 53.0 cm³/mol. The molecule has 2 rings (SSSR count). The van der Waals surface area contributed by atoms with Crippen molar-refractivity contribution in [2.75, 3.05) is 11.9 Å². The van der Waals surface area contributed by atoms with Crippen molar-refractivity contribution in [3.63, 3.8) is 0 Å². The van der Waals surface area contributed by atoms with Gasteiger partial charge >= 0.3 is 0 Å². The van der Waals surface area contributed by atoms with Gasteiger partial charge in [0.1, 0.15) is 17.3 Å². The van der Waals surface area contributed by atoms with Gasteiger partial charge in [0, 0.05) is 12.1 Å². The van der Waals surface area contributed by atoms with Crippen molar-refractivity contribution in [3.05, 3.63) is 17.0 Å². The van der Waals surface area contributed by atoms with Crippen molar-refractivity contribution in [1.29, 1.82) is 0 Å². The van der Waals surface area contributed by atoms with Crippen LogP contribution in [0.4, 0.5) is 5.82 Å². The average molecular weight is 198 g/mol. The molecule has 70 valence electrons. The first kappa shape index (κ1) is 8.75. The number of nitrogens with zero attached hydrogens (tertiary/aromatic N) is 2. The minimum absolute atomic E-state index is 0.535. The highest BCUT2D eigenvalue weighted by Gasteiger charge is 2.21. The van der Waals surface area contributed by atoms with Gasteiger partial charge in [0.25, 0.3) is 0 Å². The normalized spacial score (nSPS) is 15.8. The van der Waals surface area contributed by atoms with Gasteiger partial charge in [-0.25, -0.2) is 9.97 Å². The number of aromatic nitrogens is 2. The summed E-state index contributed by atoms with van der Waals surface area (Å²) in [6.07, 6.45) is 4.17. The summed E-state index contributed by atoms with van der Waals surface area (Å²) in [6.45, 7) is 2.94. The predicted octanol–water partition coefficient (Wildman–Crippen LogP) is 2.26. The van der Waals surface area contributed by atoms with Gasteiger partial charge in [-0.05, 0) is 25.7 Å². The molecule has 0 radical (unpaired) electrons. The van der Waals surface area contributed by atoms with Crippen molar-refractivity contribution in [3.8, 4) is 0 Å². The van der Waals surface area contributed by atoms with E-state index in [1.807, 2.05) is 6.92 Å². The standard InChI is InChI=1S/C9H12ClN3/c1-6-8(10)12-5-13-9(6)11-4-7-2-3-7/h5,7H,2-4H2,1H3,(H,11,12,13).